The topological polar surface area (TPSA) is 63.0 Å². The van der Waals surface area contributed by atoms with Gasteiger partial charge in [-0.2, -0.15) is 13.2 Å². The Labute approximate surface area is 224 Å². The van der Waals surface area contributed by atoms with Crippen molar-refractivity contribution in [2.24, 2.45) is 7.05 Å². The first kappa shape index (κ1) is 26.0. The van der Waals surface area contributed by atoms with Crippen LogP contribution in [0.2, 0.25) is 0 Å². The van der Waals surface area contributed by atoms with E-state index in [2.05, 4.69) is 22.4 Å². The van der Waals surface area contributed by atoms with Crippen molar-refractivity contribution in [1.29, 1.82) is 0 Å². The van der Waals surface area contributed by atoms with Crippen molar-refractivity contribution in [1.82, 2.24) is 20.1 Å². The number of carbonyl (C=O) groups is 1. The van der Waals surface area contributed by atoms with Crippen LogP contribution < -0.4 is 10.2 Å². The summed E-state index contributed by atoms with van der Waals surface area (Å²) < 4.78 is 57.5. The van der Waals surface area contributed by atoms with Crippen LogP contribution in [0.15, 0.2) is 36.4 Å². The molecular weight excluding hydrogens is 510 g/mol. The molecule has 2 heterocycles. The molecule has 6 rings (SSSR count). The van der Waals surface area contributed by atoms with Gasteiger partial charge in [-0.1, -0.05) is 12.1 Å². The fourth-order valence-electron chi connectivity index (χ4n) is 5.89. The smallest absolute Gasteiger partial charge is 0.318 e. The highest BCUT2D eigenvalue weighted by molar-refractivity contribution is 6.10. The molecule has 1 N–H and O–H groups in total. The highest BCUT2D eigenvalue weighted by Gasteiger charge is 2.41. The van der Waals surface area contributed by atoms with E-state index in [4.69, 9.17) is 0 Å². The Morgan fingerprint density at radius 3 is 2.54 bits per heavy atom. The van der Waals surface area contributed by atoms with Crippen LogP contribution in [0.5, 0.6) is 0 Å². The van der Waals surface area contributed by atoms with Crippen molar-refractivity contribution >= 4 is 11.6 Å². The van der Waals surface area contributed by atoms with Crippen molar-refractivity contribution in [3.63, 3.8) is 0 Å². The van der Waals surface area contributed by atoms with E-state index in [0.29, 0.717) is 36.3 Å². The average Bonchev–Trinajstić information content (AvgIpc) is 3.38. The number of rotatable bonds is 7. The first-order valence-electron chi connectivity index (χ1n) is 13.4. The first-order chi connectivity index (χ1) is 18.5. The van der Waals surface area contributed by atoms with Gasteiger partial charge in [-0.05, 0) is 80.0 Å². The van der Waals surface area contributed by atoms with Crippen LogP contribution >= 0.6 is 0 Å². The largest absolute Gasteiger partial charge is 0.416 e. The maximum Gasteiger partial charge on any atom is 0.416 e. The molecule has 2 saturated carbocycles. The second-order valence-electron chi connectivity index (χ2n) is 11.5. The molecule has 0 saturated heterocycles. The number of fused-ring (bicyclic) bond motifs is 1. The van der Waals surface area contributed by atoms with Gasteiger partial charge in [0.25, 0.3) is 5.91 Å². The predicted octanol–water partition coefficient (Wildman–Crippen LogP) is 5.83. The molecule has 0 bridgehead atoms. The zero-order chi connectivity index (χ0) is 27.5. The van der Waals surface area contributed by atoms with E-state index in [1.165, 1.54) is 11.0 Å². The van der Waals surface area contributed by atoms with Crippen molar-refractivity contribution < 1.29 is 22.4 Å². The second kappa shape index (κ2) is 9.43. The summed E-state index contributed by atoms with van der Waals surface area (Å²) >= 11 is 0. The number of anilines is 1. The van der Waals surface area contributed by atoms with E-state index in [1.807, 2.05) is 23.7 Å². The molecule has 6 nitrogen and oxygen atoms in total. The number of alkyl halides is 4. The quantitative estimate of drug-likeness (QED) is 0.382. The minimum absolute atomic E-state index is 0.0149. The number of hydrogen-bond donors (Lipinski definition) is 1. The lowest BCUT2D eigenvalue weighted by atomic mass is 9.78. The van der Waals surface area contributed by atoms with Crippen LogP contribution in [-0.2, 0) is 32.7 Å². The van der Waals surface area contributed by atoms with Gasteiger partial charge in [0.05, 0.1) is 12.1 Å². The van der Waals surface area contributed by atoms with E-state index in [-0.39, 0.29) is 35.7 Å². The summed E-state index contributed by atoms with van der Waals surface area (Å²) in [6.07, 6.45) is -0.934. The van der Waals surface area contributed by atoms with Crippen LogP contribution in [0.25, 0.3) is 0 Å². The summed E-state index contributed by atoms with van der Waals surface area (Å²) in [5, 5.41) is 11.9. The standard InChI is InChI=1S/C29H31F4N5O/c1-28(7-4-8-28)34-15-18-10-22-23(24(11-18)29(31,32)33)16-38(27(22)39)21-6-3-5-17(9-21)12-25-35-36-26(37(25)2)19-13-20(30)14-19/h3,5-6,9-11,19-20,34H,4,7-8,12-16H2,1-2H3. The zero-order valence-electron chi connectivity index (χ0n) is 22.0. The molecule has 3 aromatic rings. The molecule has 2 aliphatic carbocycles. The van der Waals surface area contributed by atoms with Crippen molar-refractivity contribution in [3.05, 3.63) is 75.9 Å². The summed E-state index contributed by atoms with van der Waals surface area (Å²) in [4.78, 5) is 14.9. The van der Waals surface area contributed by atoms with Crippen molar-refractivity contribution in [2.75, 3.05) is 4.90 Å². The summed E-state index contributed by atoms with van der Waals surface area (Å²) in [6.45, 7) is 2.21. The molecule has 1 aliphatic heterocycles. The van der Waals surface area contributed by atoms with Gasteiger partial charge in [0.2, 0.25) is 0 Å². The summed E-state index contributed by atoms with van der Waals surface area (Å²) in [5.74, 6) is 1.10. The van der Waals surface area contributed by atoms with Crippen molar-refractivity contribution in [2.45, 2.75) is 82.3 Å². The lowest BCUT2D eigenvalue weighted by molar-refractivity contribution is -0.138. The van der Waals surface area contributed by atoms with Crippen LogP contribution in [0.3, 0.4) is 0 Å². The summed E-state index contributed by atoms with van der Waals surface area (Å²) in [5.41, 5.74) is 1.15. The van der Waals surface area contributed by atoms with E-state index in [1.54, 1.807) is 18.2 Å². The van der Waals surface area contributed by atoms with E-state index in [0.717, 1.165) is 30.7 Å². The Hall–Kier alpha value is -3.27. The predicted molar refractivity (Wildman–Crippen MR) is 138 cm³/mol. The fourth-order valence-corrected chi connectivity index (χ4v) is 5.89. The van der Waals surface area contributed by atoms with Gasteiger partial charge >= 0.3 is 6.18 Å². The maximum atomic E-state index is 14.1. The highest BCUT2D eigenvalue weighted by atomic mass is 19.4. The third-order valence-corrected chi connectivity index (χ3v) is 8.61. The molecule has 0 unspecified atom stereocenters. The molecule has 206 valence electrons. The lowest BCUT2D eigenvalue weighted by Gasteiger charge is -2.39. The molecular formula is C29H31F4N5O. The number of halogens is 4. The Kier molecular flexibility index (Phi) is 6.28. The van der Waals surface area contributed by atoms with Gasteiger partial charge < -0.3 is 14.8 Å². The molecule has 39 heavy (non-hydrogen) atoms. The second-order valence-corrected chi connectivity index (χ2v) is 11.5. The van der Waals surface area contributed by atoms with Crippen LogP contribution in [-0.4, -0.2) is 32.4 Å². The number of benzene rings is 2. The van der Waals surface area contributed by atoms with Gasteiger partial charge in [-0.15, -0.1) is 10.2 Å². The molecule has 2 fully saturated rings. The third-order valence-electron chi connectivity index (χ3n) is 8.61. The summed E-state index contributed by atoms with van der Waals surface area (Å²) in [6, 6.07) is 10.0. The highest BCUT2D eigenvalue weighted by Crippen LogP contribution is 2.41. The van der Waals surface area contributed by atoms with Crippen LogP contribution in [0.1, 0.15) is 89.2 Å². The minimum atomic E-state index is -4.57. The van der Waals surface area contributed by atoms with Gasteiger partial charge in [-0.3, -0.25) is 4.79 Å². The Balaban J connectivity index is 1.24. The molecule has 0 radical (unpaired) electrons. The fraction of sp³-hybridized carbons (Fsp3) is 0.483. The van der Waals surface area contributed by atoms with Gasteiger partial charge in [0.1, 0.15) is 17.8 Å². The maximum absolute atomic E-state index is 14.1. The monoisotopic (exact) mass is 541 g/mol. The number of aromatic nitrogens is 3. The lowest BCUT2D eigenvalue weighted by Crippen LogP contribution is -2.47. The van der Waals surface area contributed by atoms with Crippen LogP contribution in [0.4, 0.5) is 23.2 Å². The van der Waals surface area contributed by atoms with Gasteiger partial charge in [0.15, 0.2) is 0 Å². The molecule has 0 spiro atoms. The molecule has 0 atom stereocenters. The summed E-state index contributed by atoms with van der Waals surface area (Å²) in [7, 11) is 1.86. The Morgan fingerprint density at radius 2 is 1.87 bits per heavy atom. The average molecular weight is 542 g/mol. The molecule has 1 amide bonds. The number of carbonyl (C=O) groups excluding carboxylic acids is 1. The van der Waals surface area contributed by atoms with Crippen LogP contribution in [0, 0.1) is 0 Å². The van der Waals surface area contributed by atoms with E-state index in [9.17, 15) is 22.4 Å². The Bertz CT molecular complexity index is 1420. The van der Waals surface area contributed by atoms with Gasteiger partial charge in [-0.25, -0.2) is 4.39 Å². The van der Waals surface area contributed by atoms with E-state index < -0.39 is 23.8 Å². The normalized spacial score (nSPS) is 22.0. The number of amides is 1. The zero-order valence-corrected chi connectivity index (χ0v) is 22.0. The SMILES string of the molecule is Cn1c(Cc2cccc(N3Cc4c(cc(CNC5(C)CCC5)cc4C(F)(F)F)C3=O)c2)nnc1C1CC(F)C1. The number of hydrogen-bond acceptors (Lipinski definition) is 4. The molecule has 2 aromatic carbocycles. The number of nitrogens with zero attached hydrogens (tertiary/aromatic N) is 4. The van der Waals surface area contributed by atoms with Gasteiger partial charge in [0, 0.05) is 42.7 Å². The van der Waals surface area contributed by atoms with E-state index >= 15 is 0 Å². The molecule has 1 aromatic heterocycles. The molecule has 10 heteroatoms. The number of nitrogens with one attached hydrogen (secondary N) is 1. The van der Waals surface area contributed by atoms with Crippen molar-refractivity contribution in [3.8, 4) is 0 Å². The minimum Gasteiger partial charge on any atom is -0.318 e. The molecule has 3 aliphatic rings. The third kappa shape index (κ3) is 4.83. The Morgan fingerprint density at radius 1 is 1.10 bits per heavy atom. The first-order valence-corrected chi connectivity index (χ1v) is 13.4.